The van der Waals surface area contributed by atoms with Gasteiger partial charge in [-0.05, 0) is 36.2 Å². The van der Waals surface area contributed by atoms with Crippen LogP contribution in [0.2, 0.25) is 0 Å². The van der Waals surface area contributed by atoms with Crippen LogP contribution < -0.4 is 10.1 Å². The molecule has 2 rings (SSSR count). The largest absolute Gasteiger partial charge is 0.504 e. The molecule has 0 unspecified atom stereocenters. The summed E-state index contributed by atoms with van der Waals surface area (Å²) in [5.41, 5.74) is 1.84. The van der Waals surface area contributed by atoms with E-state index in [1.54, 1.807) is 12.1 Å². The first-order valence-corrected chi connectivity index (χ1v) is 6.66. The summed E-state index contributed by atoms with van der Waals surface area (Å²) in [6.07, 6.45) is 0.977. The van der Waals surface area contributed by atoms with Gasteiger partial charge in [-0.15, -0.1) is 0 Å². The molecule has 0 amide bonds. The topological polar surface area (TPSA) is 61.7 Å². The molecule has 106 valence electrons. The maximum absolute atomic E-state index is 9.44. The van der Waals surface area contributed by atoms with Gasteiger partial charge in [-0.2, -0.15) is 0 Å². The summed E-state index contributed by atoms with van der Waals surface area (Å²) in [4.78, 5) is 0. The Hall–Kier alpha value is -2.36. The van der Waals surface area contributed by atoms with Gasteiger partial charge >= 0.3 is 0 Å². The molecule has 4 heteroatoms. The van der Waals surface area contributed by atoms with Gasteiger partial charge in [-0.25, -0.2) is 0 Å². The van der Waals surface area contributed by atoms with Crippen molar-refractivity contribution in [3.8, 4) is 17.2 Å². The highest BCUT2D eigenvalue weighted by Gasteiger charge is 2.01. The van der Waals surface area contributed by atoms with E-state index in [-0.39, 0.29) is 11.5 Å². The quantitative estimate of drug-likeness (QED) is 0.705. The highest BCUT2D eigenvalue weighted by atomic mass is 16.5. The summed E-state index contributed by atoms with van der Waals surface area (Å²) in [5, 5.41) is 22.0. The molecule has 0 aliphatic heterocycles. The number of aromatic hydroxyl groups is 2. The van der Waals surface area contributed by atoms with Crippen molar-refractivity contribution in [1.29, 1.82) is 0 Å². The molecule has 20 heavy (non-hydrogen) atoms. The lowest BCUT2D eigenvalue weighted by Gasteiger charge is -2.10. The van der Waals surface area contributed by atoms with Crippen molar-refractivity contribution in [1.82, 2.24) is 0 Å². The van der Waals surface area contributed by atoms with E-state index in [1.807, 2.05) is 24.3 Å². The summed E-state index contributed by atoms with van der Waals surface area (Å²) in [6, 6.07) is 12.5. The van der Waals surface area contributed by atoms with E-state index in [9.17, 15) is 10.2 Å². The summed E-state index contributed by atoms with van der Waals surface area (Å²) >= 11 is 0. The second kappa shape index (κ2) is 6.70. The van der Waals surface area contributed by atoms with E-state index in [0.29, 0.717) is 13.2 Å². The van der Waals surface area contributed by atoms with Gasteiger partial charge in [0.15, 0.2) is 11.5 Å². The van der Waals surface area contributed by atoms with Gasteiger partial charge in [-0.1, -0.05) is 19.1 Å². The van der Waals surface area contributed by atoms with Gasteiger partial charge in [0.25, 0.3) is 0 Å². The number of ether oxygens (including phenoxy) is 1. The number of benzene rings is 2. The molecule has 0 aliphatic carbocycles. The Labute approximate surface area is 118 Å². The average Bonchev–Trinajstić information content (AvgIpc) is 2.47. The van der Waals surface area contributed by atoms with Gasteiger partial charge in [0.05, 0.1) is 6.61 Å². The zero-order chi connectivity index (χ0) is 14.4. The normalized spacial score (nSPS) is 10.2. The molecule has 4 nitrogen and oxygen atoms in total. The van der Waals surface area contributed by atoms with E-state index in [0.717, 1.165) is 23.4 Å². The second-order valence-electron chi connectivity index (χ2n) is 4.55. The molecule has 2 aromatic carbocycles. The van der Waals surface area contributed by atoms with Gasteiger partial charge in [0.1, 0.15) is 5.75 Å². The number of nitrogens with one attached hydrogen (secondary N) is 1. The van der Waals surface area contributed by atoms with Crippen LogP contribution in [-0.4, -0.2) is 16.8 Å². The monoisotopic (exact) mass is 273 g/mol. The maximum atomic E-state index is 9.44. The van der Waals surface area contributed by atoms with Gasteiger partial charge < -0.3 is 20.3 Å². The van der Waals surface area contributed by atoms with Crippen LogP contribution in [0.4, 0.5) is 5.69 Å². The third kappa shape index (κ3) is 3.82. The molecule has 0 aromatic heterocycles. The summed E-state index contributed by atoms with van der Waals surface area (Å²) in [7, 11) is 0. The van der Waals surface area contributed by atoms with Crippen molar-refractivity contribution >= 4 is 5.69 Å². The predicted molar refractivity (Wildman–Crippen MR) is 79.3 cm³/mol. The molecule has 0 atom stereocenters. The maximum Gasteiger partial charge on any atom is 0.157 e. The average molecular weight is 273 g/mol. The van der Waals surface area contributed by atoms with Crippen LogP contribution in [0.5, 0.6) is 17.2 Å². The minimum absolute atomic E-state index is 0.107. The molecule has 0 radical (unpaired) electrons. The van der Waals surface area contributed by atoms with Crippen LogP contribution in [0.1, 0.15) is 18.9 Å². The Morgan fingerprint density at radius 2 is 1.90 bits per heavy atom. The number of hydrogen-bond donors (Lipinski definition) is 3. The highest BCUT2D eigenvalue weighted by molar-refractivity contribution is 5.49. The molecule has 0 spiro atoms. The number of hydrogen-bond acceptors (Lipinski definition) is 4. The van der Waals surface area contributed by atoms with Crippen LogP contribution in [0.15, 0.2) is 42.5 Å². The first kappa shape index (κ1) is 14.1. The zero-order valence-electron chi connectivity index (χ0n) is 11.5. The highest BCUT2D eigenvalue weighted by Crippen LogP contribution is 2.25. The Kier molecular flexibility index (Phi) is 4.71. The van der Waals surface area contributed by atoms with Crippen molar-refractivity contribution in [2.45, 2.75) is 19.9 Å². The first-order chi connectivity index (χ1) is 9.69. The minimum atomic E-state index is -0.108. The Morgan fingerprint density at radius 1 is 1.05 bits per heavy atom. The Balaban J connectivity index is 1.97. The molecule has 0 heterocycles. The Morgan fingerprint density at radius 3 is 2.65 bits per heavy atom. The molecule has 0 saturated heterocycles. The fourth-order valence-electron chi connectivity index (χ4n) is 1.80. The van der Waals surface area contributed by atoms with E-state index < -0.39 is 0 Å². The van der Waals surface area contributed by atoms with E-state index in [2.05, 4.69) is 12.2 Å². The minimum Gasteiger partial charge on any atom is -0.504 e. The third-order valence-electron chi connectivity index (χ3n) is 2.84. The van der Waals surface area contributed by atoms with E-state index >= 15 is 0 Å². The summed E-state index contributed by atoms with van der Waals surface area (Å²) < 4.78 is 5.57. The molecule has 0 aliphatic rings. The van der Waals surface area contributed by atoms with Crippen molar-refractivity contribution in [2.75, 3.05) is 11.9 Å². The third-order valence-corrected chi connectivity index (χ3v) is 2.84. The molecule has 3 N–H and O–H groups in total. The standard InChI is InChI=1S/C16H19NO3/c1-2-8-20-14-5-3-4-13(10-14)17-11-12-6-7-15(18)16(19)9-12/h3-7,9-10,17-19H,2,8,11H2,1H3. The van der Waals surface area contributed by atoms with Crippen LogP contribution in [0, 0.1) is 0 Å². The SMILES string of the molecule is CCCOc1cccc(NCc2ccc(O)c(O)c2)c1. The molecule has 2 aromatic rings. The lowest BCUT2D eigenvalue weighted by Crippen LogP contribution is -2.00. The zero-order valence-corrected chi connectivity index (χ0v) is 11.5. The molecule has 0 saturated carbocycles. The summed E-state index contributed by atoms with van der Waals surface area (Å²) in [6.45, 7) is 3.33. The second-order valence-corrected chi connectivity index (χ2v) is 4.55. The van der Waals surface area contributed by atoms with Crippen LogP contribution >= 0.6 is 0 Å². The van der Waals surface area contributed by atoms with E-state index in [1.165, 1.54) is 6.07 Å². The van der Waals surface area contributed by atoms with Gasteiger partial charge in [0.2, 0.25) is 0 Å². The van der Waals surface area contributed by atoms with Gasteiger partial charge in [0, 0.05) is 18.3 Å². The summed E-state index contributed by atoms with van der Waals surface area (Å²) in [5.74, 6) is 0.624. The smallest absolute Gasteiger partial charge is 0.157 e. The lowest BCUT2D eigenvalue weighted by atomic mass is 10.2. The van der Waals surface area contributed by atoms with Crippen molar-refractivity contribution in [2.24, 2.45) is 0 Å². The Bertz CT molecular complexity index is 569. The van der Waals surface area contributed by atoms with Crippen molar-refractivity contribution in [3.05, 3.63) is 48.0 Å². The molecule has 0 fully saturated rings. The predicted octanol–water partition coefficient (Wildman–Crippen LogP) is 3.50. The number of phenolic OH excluding ortho intramolecular Hbond substituents is 2. The number of phenols is 2. The molecule has 0 bridgehead atoms. The fourth-order valence-corrected chi connectivity index (χ4v) is 1.80. The fraction of sp³-hybridized carbons (Fsp3) is 0.250. The van der Waals surface area contributed by atoms with Crippen molar-refractivity contribution < 1.29 is 14.9 Å². The molecular weight excluding hydrogens is 254 g/mol. The number of rotatable bonds is 6. The van der Waals surface area contributed by atoms with Crippen LogP contribution in [0.25, 0.3) is 0 Å². The first-order valence-electron chi connectivity index (χ1n) is 6.66. The lowest BCUT2D eigenvalue weighted by molar-refractivity contribution is 0.317. The van der Waals surface area contributed by atoms with Crippen LogP contribution in [0.3, 0.4) is 0 Å². The van der Waals surface area contributed by atoms with Crippen molar-refractivity contribution in [3.63, 3.8) is 0 Å². The van der Waals surface area contributed by atoms with Crippen LogP contribution in [-0.2, 0) is 6.54 Å². The number of anilines is 1. The van der Waals surface area contributed by atoms with Gasteiger partial charge in [-0.3, -0.25) is 0 Å². The van der Waals surface area contributed by atoms with E-state index in [4.69, 9.17) is 4.74 Å². The molecular formula is C16H19NO3.